The molecular weight excluding hydrogens is 268 g/mol. The smallest absolute Gasteiger partial charge is 0.0652 e. The Morgan fingerprint density at radius 2 is 1.75 bits per heavy atom. The Balaban J connectivity index is 2.86. The molecule has 5 heteroatoms. The first-order valence-corrected chi connectivity index (χ1v) is 5.99. The number of halogens is 3. The first-order chi connectivity index (χ1) is 7.37. The number of hydrogen-bond acceptors (Lipinski definition) is 2. The van der Waals surface area contributed by atoms with Gasteiger partial charge < -0.3 is 10.4 Å². The quantitative estimate of drug-likeness (QED) is 0.828. The number of aliphatic hydroxyl groups excluding tert-OH is 1. The summed E-state index contributed by atoms with van der Waals surface area (Å²) in [4.78, 5) is 0. The minimum absolute atomic E-state index is 0.0306. The normalized spacial score (nSPS) is 11.9. The van der Waals surface area contributed by atoms with Crippen molar-refractivity contribution >= 4 is 34.8 Å². The highest BCUT2D eigenvalue weighted by Crippen LogP contribution is 2.31. The predicted octanol–water partition coefficient (Wildman–Crippen LogP) is 3.51. The summed E-state index contributed by atoms with van der Waals surface area (Å²) in [6, 6.07) is 3.37. The predicted molar refractivity (Wildman–Crippen MR) is 69.5 cm³/mol. The van der Waals surface area contributed by atoms with E-state index in [0.717, 1.165) is 5.56 Å². The van der Waals surface area contributed by atoms with E-state index in [1.807, 2.05) is 13.8 Å². The van der Waals surface area contributed by atoms with Crippen LogP contribution in [0.25, 0.3) is 0 Å². The zero-order chi connectivity index (χ0) is 12.3. The van der Waals surface area contributed by atoms with Crippen LogP contribution in [-0.4, -0.2) is 17.3 Å². The second-order valence-electron chi connectivity index (χ2n) is 4.22. The number of hydrogen-bond donors (Lipinski definition) is 2. The van der Waals surface area contributed by atoms with Crippen LogP contribution in [0.4, 0.5) is 0 Å². The lowest BCUT2D eigenvalue weighted by Crippen LogP contribution is -2.42. The van der Waals surface area contributed by atoms with Crippen LogP contribution in [0.5, 0.6) is 0 Å². The fourth-order valence-electron chi connectivity index (χ4n) is 1.11. The summed E-state index contributed by atoms with van der Waals surface area (Å²) in [5.74, 6) is 0. The topological polar surface area (TPSA) is 32.3 Å². The third-order valence-corrected chi connectivity index (χ3v) is 3.48. The Bertz CT molecular complexity index is 380. The molecule has 0 aliphatic carbocycles. The van der Waals surface area contributed by atoms with Crippen molar-refractivity contribution in [3.8, 4) is 0 Å². The van der Waals surface area contributed by atoms with Gasteiger partial charge in [0.25, 0.3) is 0 Å². The van der Waals surface area contributed by atoms with Crippen LogP contribution in [0.15, 0.2) is 12.1 Å². The first-order valence-electron chi connectivity index (χ1n) is 4.85. The van der Waals surface area contributed by atoms with Crippen LogP contribution < -0.4 is 5.32 Å². The average molecular weight is 283 g/mol. The number of aliphatic hydroxyl groups is 1. The Morgan fingerprint density at radius 1 is 1.19 bits per heavy atom. The fraction of sp³-hybridized carbons (Fsp3) is 0.455. The van der Waals surface area contributed by atoms with Crippen LogP contribution in [0.2, 0.25) is 15.1 Å². The monoisotopic (exact) mass is 281 g/mol. The van der Waals surface area contributed by atoms with E-state index < -0.39 is 0 Å². The van der Waals surface area contributed by atoms with E-state index in [1.165, 1.54) is 0 Å². The second-order valence-corrected chi connectivity index (χ2v) is 5.41. The average Bonchev–Trinajstić information content (AvgIpc) is 2.24. The molecule has 0 unspecified atom stereocenters. The minimum atomic E-state index is -0.380. The molecule has 16 heavy (non-hydrogen) atoms. The maximum absolute atomic E-state index is 9.11. The van der Waals surface area contributed by atoms with Gasteiger partial charge in [-0.2, -0.15) is 0 Å². The summed E-state index contributed by atoms with van der Waals surface area (Å²) in [7, 11) is 0. The highest BCUT2D eigenvalue weighted by molar-refractivity contribution is 6.44. The SMILES string of the molecule is CC(C)(CO)NCc1c(Cl)ccc(Cl)c1Cl. The van der Waals surface area contributed by atoms with Crippen molar-refractivity contribution in [2.24, 2.45) is 0 Å². The van der Waals surface area contributed by atoms with Gasteiger partial charge in [-0.25, -0.2) is 0 Å². The minimum Gasteiger partial charge on any atom is -0.394 e. The molecule has 0 fully saturated rings. The van der Waals surface area contributed by atoms with Crippen molar-refractivity contribution in [2.45, 2.75) is 25.9 Å². The Labute approximate surface area is 111 Å². The summed E-state index contributed by atoms with van der Waals surface area (Å²) >= 11 is 18.0. The second kappa shape index (κ2) is 5.56. The zero-order valence-electron chi connectivity index (χ0n) is 9.15. The molecule has 0 aromatic heterocycles. The third-order valence-electron chi connectivity index (χ3n) is 2.28. The molecule has 2 N–H and O–H groups in total. The van der Waals surface area contributed by atoms with Gasteiger partial charge in [0.05, 0.1) is 16.7 Å². The number of benzene rings is 1. The molecule has 0 bridgehead atoms. The summed E-state index contributed by atoms with van der Waals surface area (Å²) in [5, 5.41) is 13.8. The molecule has 0 aliphatic heterocycles. The van der Waals surface area contributed by atoms with E-state index in [-0.39, 0.29) is 12.1 Å². The van der Waals surface area contributed by atoms with Crippen molar-refractivity contribution < 1.29 is 5.11 Å². The molecule has 0 radical (unpaired) electrons. The van der Waals surface area contributed by atoms with E-state index in [9.17, 15) is 0 Å². The van der Waals surface area contributed by atoms with Gasteiger partial charge in [-0.1, -0.05) is 34.8 Å². The highest BCUT2D eigenvalue weighted by atomic mass is 35.5. The van der Waals surface area contributed by atoms with Gasteiger partial charge in [0.1, 0.15) is 0 Å². The van der Waals surface area contributed by atoms with Crippen LogP contribution in [0.1, 0.15) is 19.4 Å². The van der Waals surface area contributed by atoms with E-state index >= 15 is 0 Å². The lowest BCUT2D eigenvalue weighted by atomic mass is 10.1. The Kier molecular flexibility index (Phi) is 4.89. The molecule has 0 saturated heterocycles. The van der Waals surface area contributed by atoms with Crippen LogP contribution in [0.3, 0.4) is 0 Å². The Morgan fingerprint density at radius 3 is 2.31 bits per heavy atom. The molecule has 0 saturated carbocycles. The molecule has 0 heterocycles. The van der Waals surface area contributed by atoms with Crippen LogP contribution >= 0.6 is 34.8 Å². The number of nitrogens with one attached hydrogen (secondary N) is 1. The van der Waals surface area contributed by atoms with Gasteiger partial charge in [-0.3, -0.25) is 0 Å². The van der Waals surface area contributed by atoms with Crippen molar-refractivity contribution in [1.82, 2.24) is 5.32 Å². The molecule has 1 aromatic carbocycles. The van der Waals surface area contributed by atoms with E-state index in [0.29, 0.717) is 21.6 Å². The van der Waals surface area contributed by atoms with Gasteiger partial charge in [0.15, 0.2) is 0 Å². The first kappa shape index (κ1) is 14.1. The fourth-order valence-corrected chi connectivity index (χ4v) is 1.80. The Hall–Kier alpha value is 0.01000. The summed E-state index contributed by atoms with van der Waals surface area (Å²) in [5.41, 5.74) is 0.368. The van der Waals surface area contributed by atoms with Gasteiger partial charge >= 0.3 is 0 Å². The van der Waals surface area contributed by atoms with E-state index in [1.54, 1.807) is 12.1 Å². The zero-order valence-corrected chi connectivity index (χ0v) is 11.4. The van der Waals surface area contributed by atoms with Gasteiger partial charge in [-0.15, -0.1) is 0 Å². The molecule has 0 spiro atoms. The third kappa shape index (κ3) is 3.51. The van der Waals surface area contributed by atoms with Gasteiger partial charge in [-0.05, 0) is 26.0 Å². The molecular formula is C11H14Cl3NO. The van der Waals surface area contributed by atoms with E-state index in [2.05, 4.69) is 5.32 Å². The maximum atomic E-state index is 9.11. The summed E-state index contributed by atoms with van der Waals surface area (Å²) in [6.07, 6.45) is 0. The van der Waals surface area contributed by atoms with Crippen molar-refractivity contribution in [1.29, 1.82) is 0 Å². The standard InChI is InChI=1S/C11H14Cl3NO/c1-11(2,6-16)15-5-7-8(12)3-4-9(13)10(7)14/h3-4,15-16H,5-6H2,1-2H3. The highest BCUT2D eigenvalue weighted by Gasteiger charge is 2.17. The molecule has 0 aliphatic rings. The lowest BCUT2D eigenvalue weighted by molar-refractivity contribution is 0.187. The lowest BCUT2D eigenvalue weighted by Gasteiger charge is -2.24. The largest absolute Gasteiger partial charge is 0.394 e. The van der Waals surface area contributed by atoms with E-state index in [4.69, 9.17) is 39.9 Å². The van der Waals surface area contributed by atoms with Crippen molar-refractivity contribution in [2.75, 3.05) is 6.61 Å². The maximum Gasteiger partial charge on any atom is 0.0652 e. The van der Waals surface area contributed by atoms with Crippen molar-refractivity contribution in [3.05, 3.63) is 32.8 Å². The summed E-state index contributed by atoms with van der Waals surface area (Å²) < 4.78 is 0. The summed E-state index contributed by atoms with van der Waals surface area (Å²) in [6.45, 7) is 4.27. The molecule has 0 atom stereocenters. The number of rotatable bonds is 4. The molecule has 2 nitrogen and oxygen atoms in total. The molecule has 1 rings (SSSR count). The van der Waals surface area contributed by atoms with Gasteiger partial charge in [0, 0.05) is 22.7 Å². The van der Waals surface area contributed by atoms with Crippen molar-refractivity contribution in [3.63, 3.8) is 0 Å². The molecule has 1 aromatic rings. The molecule has 90 valence electrons. The molecule has 0 amide bonds. The van der Waals surface area contributed by atoms with Gasteiger partial charge in [0.2, 0.25) is 0 Å². The van der Waals surface area contributed by atoms with Crippen LogP contribution in [0, 0.1) is 0 Å². The van der Waals surface area contributed by atoms with Crippen LogP contribution in [-0.2, 0) is 6.54 Å².